The molecule has 1 aliphatic heterocycles. The Kier molecular flexibility index (Phi) is 2.46. The van der Waals surface area contributed by atoms with E-state index in [9.17, 15) is 4.79 Å². The van der Waals surface area contributed by atoms with Gasteiger partial charge in [-0.3, -0.25) is 4.79 Å². The number of halogens is 1. The lowest BCUT2D eigenvalue weighted by atomic mass is 10.0. The Morgan fingerprint density at radius 1 is 1.43 bits per heavy atom. The van der Waals surface area contributed by atoms with Crippen LogP contribution in [0.4, 0.5) is 5.69 Å². The molecule has 0 bridgehead atoms. The van der Waals surface area contributed by atoms with Crippen LogP contribution in [-0.4, -0.2) is 12.3 Å². The molecular weight excluding hydrogens is 198 g/mol. The van der Waals surface area contributed by atoms with Crippen LogP contribution in [0.25, 0.3) is 0 Å². The van der Waals surface area contributed by atoms with Gasteiger partial charge in [-0.25, -0.2) is 0 Å². The van der Waals surface area contributed by atoms with Crippen molar-refractivity contribution in [3.63, 3.8) is 0 Å². The summed E-state index contributed by atoms with van der Waals surface area (Å²) in [4.78, 5) is 11.7. The highest BCUT2D eigenvalue weighted by Crippen LogP contribution is 2.31. The molecule has 1 aromatic rings. The number of carbonyl (C=O) groups is 1. The average molecular weight is 210 g/mol. The zero-order valence-corrected chi connectivity index (χ0v) is 8.82. The molecule has 3 heteroatoms. The highest BCUT2D eigenvalue weighted by molar-refractivity contribution is 6.35. The number of ketones is 1. The summed E-state index contributed by atoms with van der Waals surface area (Å²) in [5, 5.41) is 3.89. The van der Waals surface area contributed by atoms with Crippen molar-refractivity contribution >= 4 is 23.1 Å². The van der Waals surface area contributed by atoms with Crippen molar-refractivity contribution in [2.24, 2.45) is 0 Å². The third-order valence-electron chi connectivity index (χ3n) is 2.52. The molecule has 0 amide bonds. The minimum absolute atomic E-state index is 0.187. The summed E-state index contributed by atoms with van der Waals surface area (Å²) in [6.07, 6.45) is 1.49. The number of benzene rings is 1. The second-order valence-corrected chi connectivity index (χ2v) is 3.95. The number of carbonyl (C=O) groups excluding carboxylic acids is 1. The quantitative estimate of drug-likeness (QED) is 0.712. The number of Topliss-reactive ketones (excluding diaryl/α,β-unsaturated/α-hetero) is 1. The van der Waals surface area contributed by atoms with Crippen LogP contribution in [0.3, 0.4) is 0 Å². The topological polar surface area (TPSA) is 29.1 Å². The Hall–Kier alpha value is -1.02. The smallest absolute Gasteiger partial charge is 0.165 e. The highest BCUT2D eigenvalue weighted by atomic mass is 35.5. The van der Waals surface area contributed by atoms with Crippen molar-refractivity contribution in [1.29, 1.82) is 0 Å². The van der Waals surface area contributed by atoms with Crippen molar-refractivity contribution in [3.05, 3.63) is 28.3 Å². The lowest BCUT2D eigenvalue weighted by Crippen LogP contribution is -2.02. The lowest BCUT2D eigenvalue weighted by Gasteiger charge is -2.10. The van der Waals surface area contributed by atoms with Gasteiger partial charge < -0.3 is 5.32 Å². The van der Waals surface area contributed by atoms with Crippen LogP contribution in [0.1, 0.15) is 28.8 Å². The lowest BCUT2D eigenvalue weighted by molar-refractivity contribution is 0.0984. The predicted octanol–water partition coefficient (Wildman–Crippen LogP) is 3.04. The summed E-state index contributed by atoms with van der Waals surface area (Å²) in [5.74, 6) is 0.187. The van der Waals surface area contributed by atoms with E-state index in [4.69, 9.17) is 11.6 Å². The molecule has 0 aromatic heterocycles. The van der Waals surface area contributed by atoms with Crippen LogP contribution in [0.5, 0.6) is 0 Å². The van der Waals surface area contributed by atoms with Crippen molar-refractivity contribution in [1.82, 2.24) is 0 Å². The molecule has 0 unspecified atom stereocenters. The molecule has 1 aliphatic rings. The van der Waals surface area contributed by atoms with Gasteiger partial charge in [-0.1, -0.05) is 17.7 Å². The number of fused-ring (bicyclic) bond motifs is 1. The van der Waals surface area contributed by atoms with Crippen molar-refractivity contribution in [2.45, 2.75) is 19.8 Å². The fourth-order valence-corrected chi connectivity index (χ4v) is 1.91. The Bertz CT molecular complexity index is 387. The van der Waals surface area contributed by atoms with Gasteiger partial charge in [0.05, 0.1) is 10.7 Å². The van der Waals surface area contributed by atoms with E-state index in [2.05, 4.69) is 5.32 Å². The first kappa shape index (κ1) is 9.53. The number of hydrogen-bond acceptors (Lipinski definition) is 2. The standard InChI is InChI=1S/C11H12ClNO/c1-7-4-5-8-9(14)3-2-6-13-11(8)10(7)12/h4-5,13H,2-3,6H2,1H3. The third-order valence-corrected chi connectivity index (χ3v) is 3.00. The Morgan fingerprint density at radius 3 is 3.00 bits per heavy atom. The van der Waals surface area contributed by atoms with Gasteiger partial charge in [0, 0.05) is 18.5 Å². The van der Waals surface area contributed by atoms with Crippen LogP contribution >= 0.6 is 11.6 Å². The van der Waals surface area contributed by atoms with Gasteiger partial charge in [-0.2, -0.15) is 0 Å². The predicted molar refractivity (Wildman–Crippen MR) is 58.2 cm³/mol. The molecule has 1 heterocycles. The molecule has 2 nitrogen and oxygen atoms in total. The maximum Gasteiger partial charge on any atom is 0.165 e. The molecule has 0 aliphatic carbocycles. The van der Waals surface area contributed by atoms with Crippen LogP contribution in [0, 0.1) is 6.92 Å². The average Bonchev–Trinajstić information content (AvgIpc) is 2.35. The first-order chi connectivity index (χ1) is 6.70. The molecule has 2 rings (SSSR count). The maximum atomic E-state index is 11.7. The molecule has 74 valence electrons. The fourth-order valence-electron chi connectivity index (χ4n) is 1.68. The first-order valence-corrected chi connectivity index (χ1v) is 5.14. The van der Waals surface area contributed by atoms with Gasteiger partial charge in [-0.05, 0) is 25.0 Å². The zero-order chi connectivity index (χ0) is 10.1. The highest BCUT2D eigenvalue weighted by Gasteiger charge is 2.17. The summed E-state index contributed by atoms with van der Waals surface area (Å²) >= 11 is 6.13. The minimum atomic E-state index is 0.187. The van der Waals surface area contributed by atoms with E-state index in [0.29, 0.717) is 11.4 Å². The van der Waals surface area contributed by atoms with Gasteiger partial charge in [0.15, 0.2) is 5.78 Å². The van der Waals surface area contributed by atoms with Crippen LogP contribution in [-0.2, 0) is 0 Å². The van der Waals surface area contributed by atoms with E-state index in [1.54, 1.807) is 0 Å². The summed E-state index contributed by atoms with van der Waals surface area (Å²) in [6, 6.07) is 3.75. The second kappa shape index (κ2) is 3.62. The van der Waals surface area contributed by atoms with Crippen LogP contribution in [0.2, 0.25) is 5.02 Å². The molecular formula is C11H12ClNO. The fraction of sp³-hybridized carbons (Fsp3) is 0.364. The second-order valence-electron chi connectivity index (χ2n) is 3.57. The largest absolute Gasteiger partial charge is 0.383 e. The van der Waals surface area contributed by atoms with E-state index >= 15 is 0 Å². The van der Waals surface area contributed by atoms with Crippen LogP contribution in [0.15, 0.2) is 12.1 Å². The van der Waals surface area contributed by atoms with E-state index in [1.165, 1.54) is 0 Å². The zero-order valence-electron chi connectivity index (χ0n) is 8.06. The van der Waals surface area contributed by atoms with E-state index in [1.807, 2.05) is 19.1 Å². The van der Waals surface area contributed by atoms with Crippen molar-refractivity contribution in [3.8, 4) is 0 Å². The number of rotatable bonds is 0. The number of nitrogens with one attached hydrogen (secondary N) is 1. The monoisotopic (exact) mass is 209 g/mol. The minimum Gasteiger partial charge on any atom is -0.383 e. The van der Waals surface area contributed by atoms with Gasteiger partial charge in [0.1, 0.15) is 0 Å². The number of hydrogen-bond donors (Lipinski definition) is 1. The van der Waals surface area contributed by atoms with Crippen LogP contribution < -0.4 is 5.32 Å². The van der Waals surface area contributed by atoms with E-state index in [-0.39, 0.29) is 5.78 Å². The summed E-state index contributed by atoms with van der Waals surface area (Å²) in [5.41, 5.74) is 2.56. The number of aryl methyl sites for hydroxylation is 1. The molecule has 0 radical (unpaired) electrons. The first-order valence-electron chi connectivity index (χ1n) is 4.76. The summed E-state index contributed by atoms with van der Waals surface area (Å²) in [7, 11) is 0. The maximum absolute atomic E-state index is 11.7. The molecule has 0 saturated heterocycles. The molecule has 0 spiro atoms. The summed E-state index contributed by atoms with van der Waals surface area (Å²) < 4.78 is 0. The molecule has 14 heavy (non-hydrogen) atoms. The molecule has 1 aromatic carbocycles. The molecule has 1 N–H and O–H groups in total. The van der Waals surface area contributed by atoms with Gasteiger partial charge >= 0.3 is 0 Å². The van der Waals surface area contributed by atoms with Gasteiger partial charge in [0.25, 0.3) is 0 Å². The third kappa shape index (κ3) is 1.50. The van der Waals surface area contributed by atoms with E-state index < -0.39 is 0 Å². The van der Waals surface area contributed by atoms with Gasteiger partial charge in [0.2, 0.25) is 0 Å². The van der Waals surface area contributed by atoms with E-state index in [0.717, 1.165) is 29.8 Å². The Labute approximate surface area is 88.3 Å². The molecule has 0 fully saturated rings. The molecule has 0 atom stereocenters. The van der Waals surface area contributed by atoms with Crippen molar-refractivity contribution < 1.29 is 4.79 Å². The Morgan fingerprint density at radius 2 is 2.21 bits per heavy atom. The summed E-state index contributed by atoms with van der Waals surface area (Å²) in [6.45, 7) is 2.77. The normalized spacial score (nSPS) is 15.7. The number of anilines is 1. The Balaban J connectivity index is 2.58. The SMILES string of the molecule is Cc1ccc2c(c1Cl)NCCCC2=O. The molecule has 0 saturated carbocycles. The van der Waals surface area contributed by atoms with Gasteiger partial charge in [-0.15, -0.1) is 0 Å². The van der Waals surface area contributed by atoms with Crippen molar-refractivity contribution in [2.75, 3.05) is 11.9 Å².